The van der Waals surface area contributed by atoms with Crippen LogP contribution >= 0.6 is 0 Å². The molecule has 0 aliphatic carbocycles. The molecule has 0 radical (unpaired) electrons. The lowest BCUT2D eigenvalue weighted by Gasteiger charge is -2.00. The zero-order chi connectivity index (χ0) is 19.1. The van der Waals surface area contributed by atoms with Crippen LogP contribution in [-0.2, 0) is 6.54 Å². The molecule has 5 rings (SSSR count). The Hall–Kier alpha value is -3.94. The van der Waals surface area contributed by atoms with Crippen molar-refractivity contribution in [2.75, 3.05) is 7.11 Å². The molecule has 0 spiro atoms. The molecular formula is C20H14N4O4. The smallest absolute Gasteiger partial charge is 0.297 e. The van der Waals surface area contributed by atoms with E-state index in [4.69, 9.17) is 13.7 Å². The fourth-order valence-corrected chi connectivity index (χ4v) is 3.07. The number of nitrogens with zero attached hydrogens (tertiary/aromatic N) is 4. The molecule has 0 unspecified atom stereocenters. The van der Waals surface area contributed by atoms with Crippen LogP contribution in [0, 0.1) is 0 Å². The maximum Gasteiger partial charge on any atom is 0.297 e. The monoisotopic (exact) mass is 374 g/mol. The Bertz CT molecular complexity index is 1370. The van der Waals surface area contributed by atoms with E-state index in [-0.39, 0.29) is 23.6 Å². The molecule has 8 nitrogen and oxygen atoms in total. The summed E-state index contributed by atoms with van der Waals surface area (Å²) in [6.07, 6.45) is 1.46. The standard InChI is InChI=1S/C20H14N4O4/c1-26-13-6-4-5-12(9-13)19-22-16(28-23-19)10-24-11-21-17-14-7-2-3-8-15(14)27-18(17)20(24)25/h2-9,11H,10H2,1H3. The second-order valence-corrected chi connectivity index (χ2v) is 6.20. The maximum absolute atomic E-state index is 12.8. The van der Waals surface area contributed by atoms with Gasteiger partial charge in [-0.1, -0.05) is 29.4 Å². The summed E-state index contributed by atoms with van der Waals surface area (Å²) in [5.74, 6) is 1.40. The van der Waals surface area contributed by atoms with Crippen molar-refractivity contribution in [2.24, 2.45) is 0 Å². The lowest BCUT2D eigenvalue weighted by molar-refractivity contribution is 0.369. The lowest BCUT2D eigenvalue weighted by atomic mass is 10.2. The van der Waals surface area contributed by atoms with E-state index in [0.29, 0.717) is 22.7 Å². The molecule has 8 heteroatoms. The summed E-state index contributed by atoms with van der Waals surface area (Å²) in [5.41, 5.74) is 1.82. The van der Waals surface area contributed by atoms with E-state index in [1.807, 2.05) is 42.5 Å². The van der Waals surface area contributed by atoms with Crippen molar-refractivity contribution in [1.29, 1.82) is 0 Å². The Kier molecular flexibility index (Phi) is 3.68. The second kappa shape index (κ2) is 6.34. The minimum absolute atomic E-state index is 0.0930. The van der Waals surface area contributed by atoms with Gasteiger partial charge in [-0.25, -0.2) is 4.98 Å². The number of fused-ring (bicyclic) bond motifs is 3. The number of benzene rings is 2. The van der Waals surface area contributed by atoms with E-state index < -0.39 is 0 Å². The number of hydrogen-bond donors (Lipinski definition) is 0. The summed E-state index contributed by atoms with van der Waals surface area (Å²) in [7, 11) is 1.59. The van der Waals surface area contributed by atoms with Gasteiger partial charge >= 0.3 is 0 Å². The topological polar surface area (TPSA) is 96.2 Å². The predicted octanol–water partition coefficient (Wildman–Crippen LogP) is 3.25. The summed E-state index contributed by atoms with van der Waals surface area (Å²) in [5, 5.41) is 4.79. The van der Waals surface area contributed by atoms with Crippen LogP contribution < -0.4 is 10.3 Å². The van der Waals surface area contributed by atoms with E-state index in [9.17, 15) is 4.79 Å². The summed E-state index contributed by atoms with van der Waals surface area (Å²) in [4.78, 5) is 21.5. The van der Waals surface area contributed by atoms with Gasteiger partial charge < -0.3 is 13.7 Å². The zero-order valence-electron chi connectivity index (χ0n) is 14.8. The number of furan rings is 1. The molecule has 0 amide bonds. The van der Waals surface area contributed by atoms with E-state index in [2.05, 4.69) is 15.1 Å². The number of hydrogen-bond acceptors (Lipinski definition) is 7. The van der Waals surface area contributed by atoms with Crippen LogP contribution in [0.4, 0.5) is 0 Å². The first-order valence-electron chi connectivity index (χ1n) is 8.56. The molecule has 0 saturated carbocycles. The van der Waals surface area contributed by atoms with Crippen molar-refractivity contribution >= 4 is 22.1 Å². The molecule has 0 aliphatic rings. The van der Waals surface area contributed by atoms with Crippen LogP contribution in [0.1, 0.15) is 5.89 Å². The Labute approximate surface area is 158 Å². The first kappa shape index (κ1) is 16.2. The average Bonchev–Trinajstić information content (AvgIpc) is 3.35. The largest absolute Gasteiger partial charge is 0.497 e. The Morgan fingerprint density at radius 2 is 2.04 bits per heavy atom. The molecule has 28 heavy (non-hydrogen) atoms. The maximum atomic E-state index is 12.8. The molecule has 138 valence electrons. The summed E-state index contributed by atoms with van der Waals surface area (Å²) >= 11 is 0. The fraction of sp³-hybridized carbons (Fsp3) is 0.100. The highest BCUT2D eigenvalue weighted by atomic mass is 16.5. The Morgan fingerprint density at radius 1 is 1.14 bits per heavy atom. The van der Waals surface area contributed by atoms with Crippen LogP contribution in [0.5, 0.6) is 5.75 Å². The fourth-order valence-electron chi connectivity index (χ4n) is 3.07. The second-order valence-electron chi connectivity index (χ2n) is 6.20. The summed E-state index contributed by atoms with van der Waals surface area (Å²) < 4.78 is 17.6. The number of para-hydroxylation sites is 1. The van der Waals surface area contributed by atoms with E-state index in [1.165, 1.54) is 10.9 Å². The van der Waals surface area contributed by atoms with Crippen molar-refractivity contribution in [1.82, 2.24) is 19.7 Å². The summed E-state index contributed by atoms with van der Waals surface area (Å²) in [6, 6.07) is 14.7. The molecular weight excluding hydrogens is 360 g/mol. The highest BCUT2D eigenvalue weighted by Gasteiger charge is 2.15. The van der Waals surface area contributed by atoms with Crippen LogP contribution in [0.3, 0.4) is 0 Å². The minimum atomic E-state index is -0.303. The van der Waals surface area contributed by atoms with Crippen LogP contribution in [0.2, 0.25) is 0 Å². The number of methoxy groups -OCH3 is 1. The highest BCUT2D eigenvalue weighted by Crippen LogP contribution is 2.24. The number of rotatable bonds is 4. The van der Waals surface area contributed by atoms with Crippen LogP contribution in [0.15, 0.2) is 68.6 Å². The SMILES string of the molecule is COc1cccc(-c2noc(Cn3cnc4c(oc5ccccc54)c3=O)n2)c1. The zero-order valence-corrected chi connectivity index (χ0v) is 14.8. The number of aromatic nitrogens is 4. The number of ether oxygens (including phenoxy) is 1. The molecule has 0 bridgehead atoms. The van der Waals surface area contributed by atoms with Gasteiger partial charge in [0.15, 0.2) is 0 Å². The van der Waals surface area contributed by atoms with Gasteiger partial charge in [0.2, 0.25) is 17.3 Å². The van der Waals surface area contributed by atoms with Gasteiger partial charge in [0.1, 0.15) is 23.4 Å². The van der Waals surface area contributed by atoms with E-state index in [0.717, 1.165) is 10.9 Å². The normalized spacial score (nSPS) is 11.3. The molecule has 0 atom stereocenters. The molecule has 0 N–H and O–H groups in total. The van der Waals surface area contributed by atoms with Crippen molar-refractivity contribution in [3.63, 3.8) is 0 Å². The third-order valence-corrected chi connectivity index (χ3v) is 4.45. The van der Waals surface area contributed by atoms with Gasteiger partial charge in [-0.05, 0) is 24.3 Å². The van der Waals surface area contributed by atoms with Crippen molar-refractivity contribution in [3.8, 4) is 17.1 Å². The Balaban J connectivity index is 1.50. The van der Waals surface area contributed by atoms with Gasteiger partial charge in [0.25, 0.3) is 5.56 Å². The van der Waals surface area contributed by atoms with Gasteiger partial charge in [-0.2, -0.15) is 4.98 Å². The molecule has 0 aliphatic heterocycles. The first-order chi connectivity index (χ1) is 13.7. The molecule has 0 saturated heterocycles. The van der Waals surface area contributed by atoms with Gasteiger partial charge in [-0.15, -0.1) is 0 Å². The first-order valence-corrected chi connectivity index (χ1v) is 8.56. The van der Waals surface area contributed by atoms with Crippen LogP contribution in [0.25, 0.3) is 33.5 Å². The van der Waals surface area contributed by atoms with Gasteiger partial charge in [-0.3, -0.25) is 9.36 Å². The van der Waals surface area contributed by atoms with Gasteiger partial charge in [0, 0.05) is 10.9 Å². The molecule has 2 aromatic carbocycles. The van der Waals surface area contributed by atoms with Crippen molar-refractivity contribution in [2.45, 2.75) is 6.54 Å². The highest BCUT2D eigenvalue weighted by molar-refractivity contribution is 6.01. The quantitative estimate of drug-likeness (QED) is 0.476. The Morgan fingerprint density at radius 3 is 2.93 bits per heavy atom. The third-order valence-electron chi connectivity index (χ3n) is 4.45. The molecule has 0 fully saturated rings. The van der Waals surface area contributed by atoms with Gasteiger partial charge in [0.05, 0.1) is 13.4 Å². The van der Waals surface area contributed by atoms with Crippen molar-refractivity contribution < 1.29 is 13.7 Å². The molecule has 5 aromatic rings. The molecule has 3 heterocycles. The lowest BCUT2D eigenvalue weighted by Crippen LogP contribution is -2.20. The van der Waals surface area contributed by atoms with Crippen LogP contribution in [-0.4, -0.2) is 26.8 Å². The summed E-state index contributed by atoms with van der Waals surface area (Å²) in [6.45, 7) is 0.0930. The van der Waals surface area contributed by atoms with Crippen molar-refractivity contribution in [3.05, 3.63) is 71.1 Å². The average molecular weight is 374 g/mol. The third kappa shape index (κ3) is 2.62. The van der Waals surface area contributed by atoms with E-state index >= 15 is 0 Å². The minimum Gasteiger partial charge on any atom is -0.497 e. The van der Waals surface area contributed by atoms with E-state index in [1.54, 1.807) is 13.2 Å². The predicted molar refractivity (Wildman–Crippen MR) is 101 cm³/mol. The molecule has 3 aromatic heterocycles.